The number of aromatic nitrogens is 3. The van der Waals surface area contributed by atoms with Gasteiger partial charge >= 0.3 is 6.09 Å². The Hall–Kier alpha value is -2.90. The predicted molar refractivity (Wildman–Crippen MR) is 99.8 cm³/mol. The van der Waals surface area contributed by atoms with Crippen molar-refractivity contribution in [3.8, 4) is 0 Å². The fourth-order valence-electron chi connectivity index (χ4n) is 2.07. The summed E-state index contributed by atoms with van der Waals surface area (Å²) >= 11 is 11.7. The first-order valence-electron chi connectivity index (χ1n) is 7.51. The zero-order chi connectivity index (χ0) is 18.4. The van der Waals surface area contributed by atoms with Crippen LogP contribution in [0.2, 0.25) is 10.4 Å². The van der Waals surface area contributed by atoms with Gasteiger partial charge in [0.15, 0.2) is 11.0 Å². The summed E-state index contributed by atoms with van der Waals surface area (Å²) in [6.45, 7) is 0.166. The molecule has 26 heavy (non-hydrogen) atoms. The van der Waals surface area contributed by atoms with Gasteiger partial charge in [0.25, 0.3) is 0 Å². The van der Waals surface area contributed by atoms with Gasteiger partial charge in [-0.25, -0.2) is 4.79 Å². The summed E-state index contributed by atoms with van der Waals surface area (Å²) in [5, 5.41) is 12.9. The van der Waals surface area contributed by atoms with Crippen molar-refractivity contribution in [1.29, 1.82) is 0 Å². The molecule has 0 spiro atoms. The Labute approximate surface area is 159 Å². The van der Waals surface area contributed by atoms with Crippen molar-refractivity contribution >= 4 is 46.5 Å². The predicted octanol–water partition coefficient (Wildman–Crippen LogP) is 4.67. The minimum absolute atomic E-state index is 0.0513. The molecule has 0 aliphatic carbocycles. The summed E-state index contributed by atoms with van der Waals surface area (Å²) in [5.74, 6) is 0.221. The fraction of sp³-hybridized carbons (Fsp3) is 0.0588. The molecule has 7 nitrogen and oxygen atoms in total. The topological polar surface area (TPSA) is 89.0 Å². The third-order valence-electron chi connectivity index (χ3n) is 3.25. The molecule has 0 unspecified atom stereocenters. The number of para-hydroxylation sites is 2. The van der Waals surface area contributed by atoms with Crippen LogP contribution in [0, 0.1) is 0 Å². The lowest BCUT2D eigenvalue weighted by atomic mass is 10.2. The number of carbonyl (C=O) groups is 1. The van der Waals surface area contributed by atoms with Crippen molar-refractivity contribution in [3.05, 3.63) is 70.6 Å². The van der Waals surface area contributed by atoms with Crippen LogP contribution < -0.4 is 10.6 Å². The van der Waals surface area contributed by atoms with Crippen LogP contribution in [0.25, 0.3) is 0 Å². The number of anilines is 3. The van der Waals surface area contributed by atoms with Crippen molar-refractivity contribution in [2.24, 2.45) is 0 Å². The maximum absolute atomic E-state index is 12.1. The Morgan fingerprint density at radius 1 is 0.962 bits per heavy atom. The first-order valence-corrected chi connectivity index (χ1v) is 8.27. The smallest absolute Gasteiger partial charge is 0.412 e. The van der Waals surface area contributed by atoms with E-state index in [2.05, 4.69) is 25.8 Å². The van der Waals surface area contributed by atoms with Crippen LogP contribution in [0.3, 0.4) is 0 Å². The van der Waals surface area contributed by atoms with E-state index in [1.165, 1.54) is 0 Å². The molecule has 0 bridgehead atoms. The number of ether oxygens (including phenoxy) is 1. The van der Waals surface area contributed by atoms with Crippen molar-refractivity contribution in [1.82, 2.24) is 15.2 Å². The number of amides is 1. The molecule has 1 heterocycles. The molecule has 1 amide bonds. The molecule has 0 aliphatic rings. The molecule has 132 valence electrons. The van der Waals surface area contributed by atoms with Gasteiger partial charge in [-0.1, -0.05) is 54.1 Å². The SMILES string of the molecule is O=C(Nc1ccccc1Nc1nc(Cl)nnc1Cl)OCc1ccccc1. The minimum Gasteiger partial charge on any atom is -0.444 e. The van der Waals surface area contributed by atoms with Gasteiger partial charge in [-0.3, -0.25) is 5.32 Å². The molecule has 0 fully saturated rings. The molecule has 0 saturated heterocycles. The second-order valence-electron chi connectivity index (χ2n) is 5.08. The molecule has 0 saturated carbocycles. The molecule has 0 aliphatic heterocycles. The Kier molecular flexibility index (Phi) is 5.83. The third-order valence-corrected chi connectivity index (χ3v) is 3.66. The van der Waals surface area contributed by atoms with Gasteiger partial charge in [0.1, 0.15) is 6.61 Å². The number of benzene rings is 2. The largest absolute Gasteiger partial charge is 0.444 e. The van der Waals surface area contributed by atoms with Crippen LogP contribution >= 0.6 is 23.2 Å². The van der Waals surface area contributed by atoms with Crippen molar-refractivity contribution < 1.29 is 9.53 Å². The van der Waals surface area contributed by atoms with Gasteiger partial charge in [-0.2, -0.15) is 4.98 Å². The molecular formula is C17H13Cl2N5O2. The molecule has 0 radical (unpaired) electrons. The van der Waals surface area contributed by atoms with Crippen LogP contribution in [0.15, 0.2) is 54.6 Å². The summed E-state index contributed by atoms with van der Waals surface area (Å²) < 4.78 is 5.22. The maximum Gasteiger partial charge on any atom is 0.412 e. The molecule has 3 aromatic rings. The Balaban J connectivity index is 1.69. The van der Waals surface area contributed by atoms with Crippen LogP contribution in [-0.2, 0) is 11.3 Å². The average molecular weight is 390 g/mol. The standard InChI is InChI=1S/C17H13Cl2N5O2/c18-14-15(22-16(19)24-23-14)20-12-8-4-5-9-13(12)21-17(25)26-10-11-6-2-1-3-7-11/h1-9H,10H2,(H,21,25)(H,20,22,24). The van der Waals surface area contributed by atoms with E-state index in [0.29, 0.717) is 11.4 Å². The van der Waals surface area contributed by atoms with Crippen LogP contribution in [0.1, 0.15) is 5.56 Å². The first-order chi connectivity index (χ1) is 12.6. The van der Waals surface area contributed by atoms with E-state index < -0.39 is 6.09 Å². The molecule has 0 atom stereocenters. The molecule has 2 N–H and O–H groups in total. The number of halogens is 2. The zero-order valence-electron chi connectivity index (χ0n) is 13.3. The molecule has 1 aromatic heterocycles. The normalized spacial score (nSPS) is 10.2. The van der Waals surface area contributed by atoms with Gasteiger partial charge in [-0.05, 0) is 29.3 Å². The molecule has 9 heteroatoms. The Morgan fingerprint density at radius 3 is 2.42 bits per heavy atom. The Morgan fingerprint density at radius 2 is 1.65 bits per heavy atom. The average Bonchev–Trinajstić information content (AvgIpc) is 2.65. The van der Waals surface area contributed by atoms with Crippen LogP contribution in [0.4, 0.5) is 22.0 Å². The second-order valence-corrected chi connectivity index (χ2v) is 5.77. The van der Waals surface area contributed by atoms with Gasteiger partial charge in [0.05, 0.1) is 11.4 Å². The lowest BCUT2D eigenvalue weighted by molar-refractivity contribution is 0.155. The van der Waals surface area contributed by atoms with Gasteiger partial charge in [0, 0.05) is 0 Å². The highest BCUT2D eigenvalue weighted by molar-refractivity contribution is 6.32. The quantitative estimate of drug-likeness (QED) is 0.658. The maximum atomic E-state index is 12.1. The first kappa shape index (κ1) is 17.9. The summed E-state index contributed by atoms with van der Waals surface area (Å²) in [6.07, 6.45) is -0.590. The fourth-order valence-corrected chi connectivity index (χ4v) is 2.32. The lowest BCUT2D eigenvalue weighted by Gasteiger charge is -2.13. The summed E-state index contributed by atoms with van der Waals surface area (Å²) in [5.41, 5.74) is 1.92. The van der Waals surface area contributed by atoms with E-state index in [1.807, 2.05) is 30.3 Å². The van der Waals surface area contributed by atoms with Gasteiger partial charge < -0.3 is 10.1 Å². The van der Waals surface area contributed by atoms with E-state index in [-0.39, 0.29) is 22.9 Å². The summed E-state index contributed by atoms with van der Waals surface area (Å²) in [7, 11) is 0. The molecule has 3 rings (SSSR count). The zero-order valence-corrected chi connectivity index (χ0v) is 14.8. The van der Waals surface area contributed by atoms with Crippen molar-refractivity contribution in [3.63, 3.8) is 0 Å². The van der Waals surface area contributed by atoms with Crippen molar-refractivity contribution in [2.45, 2.75) is 6.61 Å². The van der Waals surface area contributed by atoms with Gasteiger partial charge in [-0.15, -0.1) is 10.2 Å². The minimum atomic E-state index is -0.590. The lowest BCUT2D eigenvalue weighted by Crippen LogP contribution is -2.14. The summed E-state index contributed by atoms with van der Waals surface area (Å²) in [4.78, 5) is 16.0. The monoisotopic (exact) mass is 389 g/mol. The number of carbonyl (C=O) groups excluding carboxylic acids is 1. The summed E-state index contributed by atoms with van der Waals surface area (Å²) in [6, 6.07) is 16.4. The number of nitrogens with zero attached hydrogens (tertiary/aromatic N) is 3. The van der Waals surface area contributed by atoms with Crippen LogP contribution in [0.5, 0.6) is 0 Å². The number of nitrogens with one attached hydrogen (secondary N) is 2. The third kappa shape index (κ3) is 4.81. The van der Waals surface area contributed by atoms with E-state index >= 15 is 0 Å². The highest BCUT2D eigenvalue weighted by Gasteiger charge is 2.11. The second kappa shape index (κ2) is 8.46. The van der Waals surface area contributed by atoms with Gasteiger partial charge in [0.2, 0.25) is 5.28 Å². The number of rotatable bonds is 5. The van der Waals surface area contributed by atoms with Crippen LogP contribution in [-0.4, -0.2) is 21.3 Å². The van der Waals surface area contributed by atoms with Crippen molar-refractivity contribution in [2.75, 3.05) is 10.6 Å². The molecule has 2 aromatic carbocycles. The highest BCUT2D eigenvalue weighted by Crippen LogP contribution is 2.27. The van der Waals surface area contributed by atoms with E-state index in [0.717, 1.165) is 5.56 Å². The Bertz CT molecular complexity index is 909. The number of hydrogen-bond acceptors (Lipinski definition) is 6. The van der Waals surface area contributed by atoms with E-state index in [4.69, 9.17) is 27.9 Å². The number of hydrogen-bond donors (Lipinski definition) is 2. The van der Waals surface area contributed by atoms with E-state index in [1.54, 1.807) is 24.3 Å². The van der Waals surface area contributed by atoms with E-state index in [9.17, 15) is 4.79 Å². The molecular weight excluding hydrogens is 377 g/mol. The highest BCUT2D eigenvalue weighted by atomic mass is 35.5.